The summed E-state index contributed by atoms with van der Waals surface area (Å²) in [5.41, 5.74) is 1.50. The molecule has 2 aromatic rings. The van der Waals surface area contributed by atoms with Gasteiger partial charge in [0.2, 0.25) is 0 Å². The second kappa shape index (κ2) is 2.43. The zero-order chi connectivity index (χ0) is 7.68. The van der Waals surface area contributed by atoms with E-state index in [1.807, 2.05) is 17.5 Å². The topological polar surface area (TPSA) is 30.0 Å². The highest BCUT2D eigenvalue weighted by Gasteiger charge is 2.01. The van der Waals surface area contributed by atoms with E-state index in [0.717, 1.165) is 16.5 Å². The van der Waals surface area contributed by atoms with Gasteiger partial charge in [-0.1, -0.05) is 0 Å². The molecule has 54 valence electrons. The van der Waals surface area contributed by atoms with Crippen LogP contribution in [0.3, 0.4) is 0 Å². The molecule has 0 fully saturated rings. The molecule has 0 spiro atoms. The van der Waals surface area contributed by atoms with Gasteiger partial charge in [-0.3, -0.25) is 9.78 Å². The number of aromatic nitrogens is 1. The molecule has 0 unspecified atom stereocenters. The largest absolute Gasteiger partial charge is 0.298 e. The first-order chi connectivity index (χ1) is 5.42. The molecular formula is C8H5NOS. The van der Waals surface area contributed by atoms with Crippen LogP contribution in [-0.4, -0.2) is 11.3 Å². The zero-order valence-electron chi connectivity index (χ0n) is 5.65. The molecule has 0 atom stereocenters. The van der Waals surface area contributed by atoms with Gasteiger partial charge in [-0.25, -0.2) is 0 Å². The SMILES string of the molecule is O=Cc1csc2cccnc12. The average Bonchev–Trinajstić information content (AvgIpc) is 2.47. The van der Waals surface area contributed by atoms with Crippen LogP contribution in [0.15, 0.2) is 23.7 Å². The monoisotopic (exact) mass is 163 g/mol. The van der Waals surface area contributed by atoms with E-state index in [9.17, 15) is 4.79 Å². The minimum absolute atomic E-state index is 0.686. The average molecular weight is 163 g/mol. The Bertz CT molecular complexity index is 394. The minimum Gasteiger partial charge on any atom is -0.298 e. The molecule has 0 saturated heterocycles. The van der Waals surface area contributed by atoms with E-state index in [0.29, 0.717) is 5.56 Å². The van der Waals surface area contributed by atoms with E-state index in [-0.39, 0.29) is 0 Å². The van der Waals surface area contributed by atoms with Crippen LogP contribution in [0, 0.1) is 0 Å². The minimum atomic E-state index is 0.686. The van der Waals surface area contributed by atoms with Gasteiger partial charge in [0.15, 0.2) is 6.29 Å². The summed E-state index contributed by atoms with van der Waals surface area (Å²) < 4.78 is 1.06. The number of thiophene rings is 1. The molecule has 0 bridgehead atoms. The standard InChI is InChI=1S/C8H5NOS/c10-4-6-5-11-7-2-1-3-9-8(6)7/h1-5H. The van der Waals surface area contributed by atoms with Crippen LogP contribution < -0.4 is 0 Å². The molecule has 0 saturated carbocycles. The number of rotatable bonds is 1. The Morgan fingerprint density at radius 2 is 2.45 bits per heavy atom. The number of hydrogen-bond acceptors (Lipinski definition) is 3. The summed E-state index contributed by atoms with van der Waals surface area (Å²) in [4.78, 5) is 14.5. The lowest BCUT2D eigenvalue weighted by molar-refractivity contribution is 0.112. The maximum Gasteiger partial charge on any atom is 0.153 e. The van der Waals surface area contributed by atoms with Gasteiger partial charge < -0.3 is 0 Å². The summed E-state index contributed by atoms with van der Waals surface area (Å²) in [6.07, 6.45) is 2.54. The van der Waals surface area contributed by atoms with Crippen molar-refractivity contribution in [2.45, 2.75) is 0 Å². The van der Waals surface area contributed by atoms with Gasteiger partial charge in [-0.2, -0.15) is 0 Å². The Morgan fingerprint density at radius 1 is 1.55 bits per heavy atom. The van der Waals surface area contributed by atoms with Gasteiger partial charge in [0.25, 0.3) is 0 Å². The van der Waals surface area contributed by atoms with Gasteiger partial charge in [-0.05, 0) is 12.1 Å². The molecule has 2 heterocycles. The van der Waals surface area contributed by atoms with E-state index in [1.54, 1.807) is 17.5 Å². The van der Waals surface area contributed by atoms with Crippen LogP contribution in [-0.2, 0) is 0 Å². The number of nitrogens with zero attached hydrogens (tertiary/aromatic N) is 1. The van der Waals surface area contributed by atoms with Crippen LogP contribution in [0.2, 0.25) is 0 Å². The number of aldehydes is 1. The smallest absolute Gasteiger partial charge is 0.153 e. The molecule has 3 heteroatoms. The van der Waals surface area contributed by atoms with Crippen molar-refractivity contribution in [2.75, 3.05) is 0 Å². The summed E-state index contributed by atoms with van der Waals surface area (Å²) in [6.45, 7) is 0. The highest BCUT2D eigenvalue weighted by molar-refractivity contribution is 7.17. The molecular weight excluding hydrogens is 158 g/mol. The number of carbonyl (C=O) groups excluding carboxylic acids is 1. The number of carbonyl (C=O) groups is 1. The fourth-order valence-electron chi connectivity index (χ4n) is 0.969. The maximum atomic E-state index is 10.4. The van der Waals surface area contributed by atoms with Gasteiger partial charge in [-0.15, -0.1) is 11.3 Å². The van der Waals surface area contributed by atoms with E-state index < -0.39 is 0 Å². The van der Waals surface area contributed by atoms with Crippen LogP contribution in [0.4, 0.5) is 0 Å². The third-order valence-electron chi connectivity index (χ3n) is 1.48. The molecule has 0 aliphatic rings. The van der Waals surface area contributed by atoms with Gasteiger partial charge >= 0.3 is 0 Å². The molecule has 0 radical (unpaired) electrons. The summed E-state index contributed by atoms with van der Waals surface area (Å²) in [6, 6.07) is 3.83. The van der Waals surface area contributed by atoms with E-state index >= 15 is 0 Å². The van der Waals surface area contributed by atoms with E-state index in [4.69, 9.17) is 0 Å². The van der Waals surface area contributed by atoms with Crippen molar-refractivity contribution < 1.29 is 4.79 Å². The Labute approximate surface area is 67.5 Å². The fraction of sp³-hybridized carbons (Fsp3) is 0. The zero-order valence-corrected chi connectivity index (χ0v) is 6.47. The van der Waals surface area contributed by atoms with Gasteiger partial charge in [0.1, 0.15) is 0 Å². The van der Waals surface area contributed by atoms with Crippen LogP contribution >= 0.6 is 11.3 Å². The Hall–Kier alpha value is -1.22. The summed E-state index contributed by atoms with van der Waals surface area (Å²) in [7, 11) is 0. The maximum absolute atomic E-state index is 10.4. The number of fused-ring (bicyclic) bond motifs is 1. The first-order valence-electron chi connectivity index (χ1n) is 3.19. The predicted molar refractivity (Wildman–Crippen MR) is 45.0 cm³/mol. The molecule has 0 aliphatic carbocycles. The highest BCUT2D eigenvalue weighted by Crippen LogP contribution is 2.21. The van der Waals surface area contributed by atoms with Crippen molar-refractivity contribution in [2.24, 2.45) is 0 Å². The summed E-state index contributed by atoms with van der Waals surface area (Å²) in [5, 5.41) is 1.82. The molecule has 0 amide bonds. The van der Waals surface area contributed by atoms with Crippen molar-refractivity contribution in [3.05, 3.63) is 29.3 Å². The molecule has 2 aromatic heterocycles. The number of hydrogen-bond donors (Lipinski definition) is 0. The van der Waals surface area contributed by atoms with Gasteiger partial charge in [0.05, 0.1) is 15.8 Å². The Balaban J connectivity index is 2.86. The summed E-state index contributed by atoms with van der Waals surface area (Å²) in [5.74, 6) is 0. The van der Waals surface area contributed by atoms with Crippen molar-refractivity contribution in [3.63, 3.8) is 0 Å². The van der Waals surface area contributed by atoms with E-state index in [2.05, 4.69) is 4.98 Å². The van der Waals surface area contributed by atoms with Crippen molar-refractivity contribution >= 4 is 27.8 Å². The predicted octanol–water partition coefficient (Wildman–Crippen LogP) is 2.11. The first-order valence-corrected chi connectivity index (χ1v) is 4.07. The van der Waals surface area contributed by atoms with E-state index in [1.165, 1.54) is 0 Å². The quantitative estimate of drug-likeness (QED) is 0.602. The van der Waals surface area contributed by atoms with Crippen LogP contribution in [0.5, 0.6) is 0 Å². The molecule has 0 N–H and O–H groups in total. The molecule has 11 heavy (non-hydrogen) atoms. The third kappa shape index (κ3) is 0.935. The van der Waals surface area contributed by atoms with Crippen molar-refractivity contribution in [3.8, 4) is 0 Å². The molecule has 0 aliphatic heterocycles. The molecule has 0 aromatic carbocycles. The van der Waals surface area contributed by atoms with Crippen LogP contribution in [0.1, 0.15) is 10.4 Å². The highest BCUT2D eigenvalue weighted by atomic mass is 32.1. The molecule has 2 rings (SSSR count). The first kappa shape index (κ1) is 6.49. The second-order valence-electron chi connectivity index (χ2n) is 2.16. The van der Waals surface area contributed by atoms with Crippen LogP contribution in [0.25, 0.3) is 10.2 Å². The second-order valence-corrected chi connectivity index (χ2v) is 3.07. The lowest BCUT2D eigenvalue weighted by atomic mass is 10.3. The normalized spacial score (nSPS) is 10.2. The molecule has 2 nitrogen and oxygen atoms in total. The summed E-state index contributed by atoms with van der Waals surface area (Å²) >= 11 is 1.54. The lowest BCUT2D eigenvalue weighted by Gasteiger charge is -1.85. The third-order valence-corrected chi connectivity index (χ3v) is 2.44. The Kier molecular flexibility index (Phi) is 1.43. The fourth-order valence-corrected chi connectivity index (χ4v) is 1.83. The van der Waals surface area contributed by atoms with Crippen molar-refractivity contribution in [1.29, 1.82) is 0 Å². The van der Waals surface area contributed by atoms with Crippen molar-refractivity contribution in [1.82, 2.24) is 4.98 Å². The Morgan fingerprint density at radius 3 is 3.27 bits per heavy atom. The van der Waals surface area contributed by atoms with Gasteiger partial charge in [0, 0.05) is 11.6 Å². The lowest BCUT2D eigenvalue weighted by Crippen LogP contribution is -1.77. The number of pyridine rings is 1.